The molecule has 6 nitrogen and oxygen atoms in total. The van der Waals surface area contributed by atoms with E-state index in [0.717, 1.165) is 37.6 Å². The monoisotopic (exact) mass is 371 g/mol. The third-order valence-corrected chi connectivity index (χ3v) is 6.17. The van der Waals surface area contributed by atoms with Crippen molar-refractivity contribution in [2.45, 2.75) is 32.2 Å². The van der Waals surface area contributed by atoms with Gasteiger partial charge in [0.25, 0.3) is 5.91 Å². The Morgan fingerprint density at radius 3 is 2.77 bits per heavy atom. The number of hydrogen-bond donors (Lipinski definition) is 1. The van der Waals surface area contributed by atoms with Gasteiger partial charge in [-0.2, -0.15) is 0 Å². The van der Waals surface area contributed by atoms with Crippen molar-refractivity contribution in [3.8, 4) is 0 Å². The summed E-state index contributed by atoms with van der Waals surface area (Å²) in [5.41, 5.74) is 3.43. The Kier molecular flexibility index (Phi) is 5.02. The highest BCUT2D eigenvalue weighted by molar-refractivity contribution is 7.15. The fraction of sp³-hybridized carbons (Fsp3) is 0.526. The Balaban J connectivity index is 1.55. The Morgan fingerprint density at radius 2 is 2.04 bits per heavy atom. The number of aromatic nitrogens is 2. The van der Waals surface area contributed by atoms with Crippen LogP contribution in [0.4, 0.5) is 5.13 Å². The predicted molar refractivity (Wildman–Crippen MR) is 104 cm³/mol. The van der Waals surface area contributed by atoms with E-state index >= 15 is 0 Å². The molecule has 2 aliphatic rings. The molecule has 1 saturated heterocycles. The third kappa shape index (κ3) is 3.65. The maximum absolute atomic E-state index is 12.6. The second-order valence-electron chi connectivity index (χ2n) is 7.24. The molecule has 1 aliphatic heterocycles. The lowest BCUT2D eigenvalue weighted by atomic mass is 9.85. The molecule has 1 atom stereocenters. The number of hydrogen-bond acceptors (Lipinski definition) is 6. The summed E-state index contributed by atoms with van der Waals surface area (Å²) >= 11 is 1.40. The van der Waals surface area contributed by atoms with Crippen molar-refractivity contribution in [1.29, 1.82) is 0 Å². The van der Waals surface area contributed by atoms with Crippen LogP contribution in [-0.4, -0.2) is 59.1 Å². The minimum Gasteiger partial charge on any atom is -0.304 e. The van der Waals surface area contributed by atoms with Gasteiger partial charge in [-0.05, 0) is 56.5 Å². The van der Waals surface area contributed by atoms with E-state index in [1.54, 1.807) is 0 Å². The Labute approximate surface area is 158 Å². The number of likely N-dealkylation sites (N-methyl/N-ethyl adjacent to an activating group) is 1. The summed E-state index contributed by atoms with van der Waals surface area (Å²) in [7, 11) is 2.18. The molecule has 0 bridgehead atoms. The highest BCUT2D eigenvalue weighted by atomic mass is 32.1. The molecule has 1 aromatic carbocycles. The van der Waals surface area contributed by atoms with Gasteiger partial charge in [-0.15, -0.1) is 10.2 Å². The van der Waals surface area contributed by atoms with Crippen molar-refractivity contribution in [3.05, 3.63) is 39.9 Å². The second kappa shape index (κ2) is 7.42. The first-order valence-electron chi connectivity index (χ1n) is 9.27. The molecule has 4 rings (SSSR count). The number of rotatable bonds is 3. The number of carbonyl (C=O) groups is 1. The normalized spacial score (nSPS) is 21.4. The van der Waals surface area contributed by atoms with Crippen molar-refractivity contribution >= 4 is 22.4 Å². The Morgan fingerprint density at radius 1 is 1.23 bits per heavy atom. The van der Waals surface area contributed by atoms with Gasteiger partial charge in [0.15, 0.2) is 0 Å². The number of anilines is 1. The van der Waals surface area contributed by atoms with Gasteiger partial charge < -0.3 is 4.90 Å². The predicted octanol–water partition coefficient (Wildman–Crippen LogP) is 2.72. The zero-order valence-corrected chi connectivity index (χ0v) is 16.2. The molecule has 26 heavy (non-hydrogen) atoms. The van der Waals surface area contributed by atoms with E-state index in [1.165, 1.54) is 35.3 Å². The van der Waals surface area contributed by atoms with Crippen molar-refractivity contribution in [3.63, 3.8) is 0 Å². The first-order chi connectivity index (χ1) is 12.6. The number of amides is 1. The molecule has 2 aromatic rings. The van der Waals surface area contributed by atoms with E-state index in [9.17, 15) is 4.79 Å². The lowest BCUT2D eigenvalue weighted by Crippen LogP contribution is -2.46. The smallest absolute Gasteiger partial charge is 0.257 e. The van der Waals surface area contributed by atoms with Crippen LogP contribution in [0.5, 0.6) is 0 Å². The van der Waals surface area contributed by atoms with Gasteiger partial charge in [-0.25, -0.2) is 0 Å². The average Bonchev–Trinajstić information content (AvgIpc) is 3.06. The van der Waals surface area contributed by atoms with Crippen molar-refractivity contribution in [1.82, 2.24) is 20.0 Å². The van der Waals surface area contributed by atoms with E-state index in [1.807, 2.05) is 13.0 Å². The molecular formula is C19H25N5OS. The van der Waals surface area contributed by atoms with E-state index in [4.69, 9.17) is 0 Å². The van der Waals surface area contributed by atoms with Gasteiger partial charge in [0.1, 0.15) is 5.01 Å². The van der Waals surface area contributed by atoms with Gasteiger partial charge in [-0.1, -0.05) is 17.4 Å². The van der Waals surface area contributed by atoms with Crippen LogP contribution in [0.2, 0.25) is 0 Å². The minimum absolute atomic E-state index is 0.105. The van der Waals surface area contributed by atoms with E-state index in [0.29, 0.717) is 16.7 Å². The molecule has 1 fully saturated rings. The summed E-state index contributed by atoms with van der Waals surface area (Å²) in [5, 5.41) is 12.2. The molecular weight excluding hydrogens is 346 g/mol. The third-order valence-electron chi connectivity index (χ3n) is 5.42. The van der Waals surface area contributed by atoms with Crippen LogP contribution in [0.15, 0.2) is 18.2 Å². The molecule has 1 amide bonds. The van der Waals surface area contributed by atoms with Crippen LogP contribution in [-0.2, 0) is 6.42 Å². The topological polar surface area (TPSA) is 61.4 Å². The summed E-state index contributed by atoms with van der Waals surface area (Å²) in [4.78, 5) is 17.6. The SMILES string of the molecule is Cc1nnc(NC(=O)c2ccc3c(c2)C(N2CCN(C)CC2)CCC3)s1. The van der Waals surface area contributed by atoms with Crippen LogP contribution in [0, 0.1) is 6.92 Å². The fourth-order valence-corrected chi connectivity index (χ4v) is 4.53. The van der Waals surface area contributed by atoms with Gasteiger partial charge in [-0.3, -0.25) is 15.0 Å². The summed E-state index contributed by atoms with van der Waals surface area (Å²) < 4.78 is 0. The van der Waals surface area contributed by atoms with Crippen LogP contribution in [0.3, 0.4) is 0 Å². The largest absolute Gasteiger partial charge is 0.304 e. The second-order valence-corrected chi connectivity index (χ2v) is 8.42. The van der Waals surface area contributed by atoms with Gasteiger partial charge >= 0.3 is 0 Å². The standard InChI is InChI=1S/C19H25N5OS/c1-13-21-22-19(26-13)20-18(25)15-7-6-14-4-3-5-17(16(14)12-15)24-10-8-23(2)9-11-24/h6-7,12,17H,3-5,8-11H2,1-2H3,(H,20,22,25). The number of nitrogens with one attached hydrogen (secondary N) is 1. The molecule has 0 radical (unpaired) electrons. The summed E-state index contributed by atoms with van der Waals surface area (Å²) in [6.45, 7) is 6.31. The highest BCUT2D eigenvalue weighted by Crippen LogP contribution is 2.35. The molecule has 2 heterocycles. The zero-order chi connectivity index (χ0) is 18.1. The molecule has 1 aromatic heterocycles. The number of fused-ring (bicyclic) bond motifs is 1. The number of piperazine rings is 1. The number of aryl methyl sites for hydroxylation is 2. The molecule has 1 N–H and O–H groups in total. The molecule has 1 aliphatic carbocycles. The quantitative estimate of drug-likeness (QED) is 0.899. The zero-order valence-electron chi connectivity index (χ0n) is 15.4. The van der Waals surface area contributed by atoms with Gasteiger partial charge in [0.05, 0.1) is 0 Å². The first kappa shape index (κ1) is 17.6. The number of carbonyl (C=O) groups excluding carboxylic acids is 1. The van der Waals surface area contributed by atoms with Crippen LogP contribution in [0.25, 0.3) is 0 Å². The lowest BCUT2D eigenvalue weighted by Gasteiger charge is -2.40. The maximum atomic E-state index is 12.6. The minimum atomic E-state index is -0.105. The average molecular weight is 372 g/mol. The summed E-state index contributed by atoms with van der Waals surface area (Å²) in [6, 6.07) is 6.61. The van der Waals surface area contributed by atoms with Crippen molar-refractivity contribution in [2.75, 3.05) is 38.5 Å². The van der Waals surface area contributed by atoms with E-state index in [2.05, 4.69) is 44.5 Å². The van der Waals surface area contributed by atoms with Crippen LogP contribution < -0.4 is 5.32 Å². The summed E-state index contributed by atoms with van der Waals surface area (Å²) in [5.74, 6) is -0.105. The van der Waals surface area contributed by atoms with Gasteiger partial charge in [0, 0.05) is 37.8 Å². The molecule has 7 heteroatoms. The first-order valence-corrected chi connectivity index (χ1v) is 10.1. The molecule has 0 spiro atoms. The fourth-order valence-electron chi connectivity index (χ4n) is 3.94. The van der Waals surface area contributed by atoms with Crippen LogP contribution in [0.1, 0.15) is 45.4 Å². The Hall–Kier alpha value is -1.83. The number of nitrogens with zero attached hydrogens (tertiary/aromatic N) is 4. The van der Waals surface area contributed by atoms with E-state index < -0.39 is 0 Å². The lowest BCUT2D eigenvalue weighted by molar-refractivity contribution is 0.101. The molecule has 0 saturated carbocycles. The highest BCUT2D eigenvalue weighted by Gasteiger charge is 2.28. The maximum Gasteiger partial charge on any atom is 0.257 e. The van der Waals surface area contributed by atoms with Crippen LogP contribution >= 0.6 is 11.3 Å². The van der Waals surface area contributed by atoms with E-state index in [-0.39, 0.29) is 5.91 Å². The Bertz CT molecular complexity index is 797. The molecule has 138 valence electrons. The number of benzene rings is 1. The van der Waals surface area contributed by atoms with Gasteiger partial charge in [0.2, 0.25) is 5.13 Å². The summed E-state index contributed by atoms with van der Waals surface area (Å²) in [6.07, 6.45) is 3.51. The molecule has 1 unspecified atom stereocenters. The van der Waals surface area contributed by atoms with Crippen molar-refractivity contribution < 1.29 is 4.79 Å². The van der Waals surface area contributed by atoms with Crippen molar-refractivity contribution in [2.24, 2.45) is 0 Å².